The number of amides is 2. The van der Waals surface area contributed by atoms with Gasteiger partial charge in [0.15, 0.2) is 0 Å². The summed E-state index contributed by atoms with van der Waals surface area (Å²) in [5.74, 6) is -0.151. The van der Waals surface area contributed by atoms with E-state index in [0.29, 0.717) is 39.3 Å². The van der Waals surface area contributed by atoms with E-state index >= 15 is 0 Å². The molecule has 0 aromatic heterocycles. The van der Waals surface area contributed by atoms with Crippen LogP contribution in [0.25, 0.3) is 0 Å². The molecule has 1 aliphatic heterocycles. The number of anilines is 2. The summed E-state index contributed by atoms with van der Waals surface area (Å²) >= 11 is 1.80. The molecule has 0 aliphatic carbocycles. The monoisotopic (exact) mass is 546 g/mol. The van der Waals surface area contributed by atoms with Gasteiger partial charge >= 0.3 is 0 Å². The third-order valence-electron chi connectivity index (χ3n) is 6.79. The number of hydrogen-bond donors (Lipinski definition) is 2. The lowest BCUT2D eigenvalue weighted by Crippen LogP contribution is -2.47. The van der Waals surface area contributed by atoms with Gasteiger partial charge in [0.25, 0.3) is 0 Å². The summed E-state index contributed by atoms with van der Waals surface area (Å²) in [6.45, 7) is 6.85. The Kier molecular flexibility index (Phi) is 10.4. The minimum absolute atomic E-state index is 0.0533. The van der Waals surface area contributed by atoms with Crippen molar-refractivity contribution in [3.8, 4) is 0 Å². The third-order valence-corrected chi connectivity index (χ3v) is 7.92. The molecule has 1 aliphatic rings. The number of para-hydroxylation sites is 2. The maximum atomic E-state index is 13.1. The summed E-state index contributed by atoms with van der Waals surface area (Å²) in [6, 6.07) is 24.7. The van der Waals surface area contributed by atoms with E-state index in [4.69, 9.17) is 4.74 Å². The number of carbonyl (C=O) groups is 2. The summed E-state index contributed by atoms with van der Waals surface area (Å²) in [5.41, 5.74) is 4.64. The summed E-state index contributed by atoms with van der Waals surface area (Å²) in [5, 5.41) is 5.87. The summed E-state index contributed by atoms with van der Waals surface area (Å²) < 4.78 is 6.06. The van der Waals surface area contributed by atoms with Crippen LogP contribution in [0.2, 0.25) is 0 Å². The fraction of sp³-hybridized carbons (Fsp3) is 0.355. The molecule has 8 heteroatoms. The second kappa shape index (κ2) is 14.2. The molecule has 0 saturated heterocycles. The highest BCUT2D eigenvalue weighted by Gasteiger charge is 2.24. The van der Waals surface area contributed by atoms with Crippen molar-refractivity contribution in [2.24, 2.45) is 0 Å². The van der Waals surface area contributed by atoms with Gasteiger partial charge in [-0.05, 0) is 50.2 Å². The predicted molar refractivity (Wildman–Crippen MR) is 158 cm³/mol. The van der Waals surface area contributed by atoms with Crippen LogP contribution >= 0.6 is 11.8 Å². The van der Waals surface area contributed by atoms with E-state index in [0.717, 1.165) is 12.1 Å². The number of nitrogens with one attached hydrogen (secondary N) is 2. The normalized spacial score (nSPS) is 13.0. The molecule has 1 atom stereocenters. The van der Waals surface area contributed by atoms with Crippen LogP contribution in [0.15, 0.2) is 82.6 Å². The van der Waals surface area contributed by atoms with E-state index < -0.39 is 0 Å². The molecule has 0 bridgehead atoms. The van der Waals surface area contributed by atoms with Crippen LogP contribution in [-0.2, 0) is 20.9 Å². The molecule has 3 aromatic rings. The topological polar surface area (TPSA) is 73.9 Å². The average Bonchev–Trinajstić information content (AvgIpc) is 2.94. The lowest BCUT2D eigenvalue weighted by atomic mass is 10.1. The van der Waals surface area contributed by atoms with Gasteiger partial charge in [0.1, 0.15) is 0 Å². The first-order valence-corrected chi connectivity index (χ1v) is 14.2. The maximum absolute atomic E-state index is 13.1. The Morgan fingerprint density at radius 1 is 0.923 bits per heavy atom. The van der Waals surface area contributed by atoms with Crippen LogP contribution in [0.3, 0.4) is 0 Å². The standard InChI is InChI=1S/C31H38N4O3S/c1-23-12-14-25(15-13-23)22-33-31(37)28(16-17-32-24(2)36)34(3)18-20-38-21-19-35-26-8-4-6-10-29(26)39-30-11-7-5-9-27(30)35/h4-15,28H,16-22H2,1-3H3,(H,32,36)(H,33,37). The molecular formula is C31H38N4O3S. The predicted octanol–water partition coefficient (Wildman–Crippen LogP) is 4.76. The first-order valence-electron chi connectivity index (χ1n) is 13.4. The van der Waals surface area contributed by atoms with Crippen molar-refractivity contribution >= 4 is 35.0 Å². The minimum Gasteiger partial charge on any atom is -0.378 e. The molecule has 0 fully saturated rings. The lowest BCUT2D eigenvalue weighted by Gasteiger charge is -2.32. The zero-order valence-corrected chi connectivity index (χ0v) is 23.8. The highest BCUT2D eigenvalue weighted by atomic mass is 32.2. The Morgan fingerprint density at radius 3 is 2.21 bits per heavy atom. The van der Waals surface area contributed by atoms with Gasteiger partial charge in [-0.2, -0.15) is 0 Å². The zero-order chi connectivity index (χ0) is 27.6. The summed E-state index contributed by atoms with van der Waals surface area (Å²) in [7, 11) is 1.93. The largest absolute Gasteiger partial charge is 0.378 e. The SMILES string of the molecule is CC(=O)NCCC(C(=O)NCc1ccc(C)cc1)N(C)CCOCCN1c2ccccc2Sc2ccccc21. The number of rotatable bonds is 13. The molecule has 0 saturated carbocycles. The van der Waals surface area contributed by atoms with Crippen LogP contribution in [0, 0.1) is 6.92 Å². The lowest BCUT2D eigenvalue weighted by molar-refractivity contribution is -0.127. The van der Waals surface area contributed by atoms with Gasteiger partial charge in [-0.1, -0.05) is 65.9 Å². The van der Waals surface area contributed by atoms with Crippen molar-refractivity contribution in [1.82, 2.24) is 15.5 Å². The fourth-order valence-corrected chi connectivity index (χ4v) is 5.69. The molecule has 0 spiro atoms. The van der Waals surface area contributed by atoms with Crippen LogP contribution in [0.4, 0.5) is 11.4 Å². The number of benzene rings is 3. The van der Waals surface area contributed by atoms with Gasteiger partial charge in [-0.3, -0.25) is 14.5 Å². The van der Waals surface area contributed by atoms with E-state index in [9.17, 15) is 9.59 Å². The van der Waals surface area contributed by atoms with E-state index in [1.165, 1.54) is 33.7 Å². The van der Waals surface area contributed by atoms with Crippen LogP contribution in [0.1, 0.15) is 24.5 Å². The number of hydrogen-bond acceptors (Lipinski definition) is 6. The molecule has 2 N–H and O–H groups in total. The first-order chi connectivity index (χ1) is 18.9. The quantitative estimate of drug-likeness (QED) is 0.301. The average molecular weight is 547 g/mol. The third kappa shape index (κ3) is 8.08. The second-order valence-corrected chi connectivity index (χ2v) is 10.9. The Hall–Kier alpha value is -3.33. The van der Waals surface area contributed by atoms with Gasteiger partial charge in [0, 0.05) is 42.9 Å². The molecular weight excluding hydrogens is 508 g/mol. The van der Waals surface area contributed by atoms with Crippen molar-refractivity contribution in [1.29, 1.82) is 0 Å². The second-order valence-electron chi connectivity index (χ2n) is 9.77. The smallest absolute Gasteiger partial charge is 0.237 e. The molecule has 39 heavy (non-hydrogen) atoms. The fourth-order valence-electron chi connectivity index (χ4n) is 4.59. The van der Waals surface area contributed by atoms with Gasteiger partial charge in [-0.25, -0.2) is 0 Å². The van der Waals surface area contributed by atoms with Gasteiger partial charge in [0.05, 0.1) is 30.6 Å². The van der Waals surface area contributed by atoms with Crippen molar-refractivity contribution < 1.29 is 14.3 Å². The maximum Gasteiger partial charge on any atom is 0.237 e. The van der Waals surface area contributed by atoms with Gasteiger partial charge in [-0.15, -0.1) is 0 Å². The van der Waals surface area contributed by atoms with Crippen molar-refractivity contribution in [3.63, 3.8) is 0 Å². The zero-order valence-electron chi connectivity index (χ0n) is 23.0. The van der Waals surface area contributed by atoms with Crippen LogP contribution in [0.5, 0.6) is 0 Å². The minimum atomic E-state index is -0.372. The van der Waals surface area contributed by atoms with Crippen molar-refractivity contribution in [3.05, 3.63) is 83.9 Å². The van der Waals surface area contributed by atoms with Crippen molar-refractivity contribution in [2.45, 2.75) is 42.6 Å². The molecule has 2 amide bonds. The van der Waals surface area contributed by atoms with E-state index in [1.54, 1.807) is 11.8 Å². The summed E-state index contributed by atoms with van der Waals surface area (Å²) in [4.78, 5) is 31.3. The molecule has 1 heterocycles. The van der Waals surface area contributed by atoms with E-state index in [2.05, 4.69) is 64.1 Å². The van der Waals surface area contributed by atoms with Crippen molar-refractivity contribution in [2.75, 3.05) is 44.8 Å². The molecule has 206 valence electrons. The number of fused-ring (bicyclic) bond motifs is 2. The Morgan fingerprint density at radius 2 is 1.56 bits per heavy atom. The highest BCUT2D eigenvalue weighted by Crippen LogP contribution is 2.47. The number of ether oxygens (including phenoxy) is 1. The van der Waals surface area contributed by atoms with E-state index in [1.807, 2.05) is 43.1 Å². The Labute approximate surface area is 235 Å². The number of carbonyl (C=O) groups excluding carboxylic acids is 2. The van der Waals surface area contributed by atoms with E-state index in [-0.39, 0.29) is 17.9 Å². The Balaban J connectivity index is 1.29. The molecule has 7 nitrogen and oxygen atoms in total. The molecule has 0 radical (unpaired) electrons. The number of aryl methyl sites for hydroxylation is 1. The molecule has 1 unspecified atom stereocenters. The first kappa shape index (κ1) is 28.7. The van der Waals surface area contributed by atoms with Gasteiger partial charge < -0.3 is 20.3 Å². The Bertz CT molecular complexity index is 1210. The number of likely N-dealkylation sites (N-methyl/N-ethyl adjacent to an activating group) is 1. The molecule has 3 aromatic carbocycles. The summed E-state index contributed by atoms with van der Waals surface area (Å²) in [6.07, 6.45) is 0.523. The van der Waals surface area contributed by atoms with Crippen LogP contribution in [-0.4, -0.2) is 62.7 Å². The number of nitrogens with zero attached hydrogens (tertiary/aromatic N) is 2. The van der Waals surface area contributed by atoms with Crippen LogP contribution < -0.4 is 15.5 Å². The van der Waals surface area contributed by atoms with Gasteiger partial charge in [0.2, 0.25) is 11.8 Å². The highest BCUT2D eigenvalue weighted by molar-refractivity contribution is 7.99. The molecule has 4 rings (SSSR count).